The van der Waals surface area contributed by atoms with E-state index in [9.17, 15) is 25.9 Å². The molecule has 52 heavy (non-hydrogen) atoms. The van der Waals surface area contributed by atoms with Crippen molar-refractivity contribution in [3.05, 3.63) is 36.4 Å². The molecule has 0 aromatic heterocycles. The Kier molecular flexibility index (Phi) is 34.8. The van der Waals surface area contributed by atoms with E-state index >= 15 is 0 Å². The molecule has 0 N–H and O–H groups in total. The largest absolute Gasteiger partial charge is 1.00 e. The molecule has 0 saturated carbocycles. The second kappa shape index (κ2) is 34.1. The molecule has 0 radical (unpaired) electrons. The molecule has 0 heterocycles. The minimum absolute atomic E-state index is 0. The van der Waals surface area contributed by atoms with Gasteiger partial charge in [0.2, 0.25) is 0 Å². The summed E-state index contributed by atoms with van der Waals surface area (Å²) in [5.41, 5.74) is 0. The first kappa shape index (κ1) is 53.1. The van der Waals surface area contributed by atoms with E-state index in [4.69, 9.17) is 47.4 Å². The fourth-order valence-corrected chi connectivity index (χ4v) is 4.99. The number of hydrogen-bond donors (Lipinski definition) is 0. The van der Waals surface area contributed by atoms with Gasteiger partial charge in [-0.25, -0.2) is 16.8 Å². The molecule has 288 valence electrons. The maximum atomic E-state index is 10.5. The van der Waals surface area contributed by atoms with Gasteiger partial charge in [0.1, 0.15) is 13.2 Å². The van der Waals surface area contributed by atoms with Crippen LogP contribution in [0.4, 0.5) is 0 Å². The third-order valence-corrected chi connectivity index (χ3v) is 7.96. The zero-order valence-corrected chi connectivity index (χ0v) is 38.2. The normalized spacial score (nSPS) is 11.7. The summed E-state index contributed by atoms with van der Waals surface area (Å²) in [6, 6.07) is 11.8. The first-order chi connectivity index (χ1) is 24.1. The molecule has 0 saturated heterocycles. The van der Waals surface area contributed by atoms with Gasteiger partial charge in [0, 0.05) is 24.7 Å². The Morgan fingerprint density at radius 3 is 0.923 bits per heavy atom. The number of fused-ring (bicyclic) bond motifs is 1. The van der Waals surface area contributed by atoms with Crippen LogP contribution in [-0.4, -0.2) is 156 Å². The van der Waals surface area contributed by atoms with Gasteiger partial charge in [-0.2, -0.15) is 0 Å². The predicted molar refractivity (Wildman–Crippen MR) is 180 cm³/mol. The molecular weight excluding hydrogens is 783 g/mol. The second-order valence-electron chi connectivity index (χ2n) is 10.5. The van der Waals surface area contributed by atoms with Crippen molar-refractivity contribution in [1.29, 1.82) is 0 Å². The summed E-state index contributed by atoms with van der Waals surface area (Å²) >= 11 is 0. The Hall–Kier alpha value is 1.07. The van der Waals surface area contributed by atoms with Crippen LogP contribution in [0.3, 0.4) is 0 Å². The van der Waals surface area contributed by atoms with Crippen LogP contribution < -0.4 is 112 Å². The average molecular weight is 833 g/mol. The molecule has 0 aliphatic rings. The Labute approximate surface area is 392 Å². The van der Waals surface area contributed by atoms with Gasteiger partial charge in [-0.15, -0.1) is 0 Å². The third-order valence-electron chi connectivity index (χ3n) is 6.38. The van der Waals surface area contributed by atoms with Gasteiger partial charge in [0.25, 0.3) is 0 Å². The second-order valence-corrected chi connectivity index (χ2v) is 13.5. The zero-order chi connectivity index (χ0) is 36.2. The topological polar surface area (TPSA) is 207 Å². The molecule has 0 aliphatic heterocycles. The van der Waals surface area contributed by atoms with Crippen molar-refractivity contribution in [2.75, 3.05) is 130 Å². The molecule has 0 fully saturated rings. The van der Waals surface area contributed by atoms with Crippen molar-refractivity contribution in [2.24, 2.45) is 0 Å². The van der Waals surface area contributed by atoms with Gasteiger partial charge >= 0.3 is 103 Å². The van der Waals surface area contributed by atoms with Crippen molar-refractivity contribution in [2.45, 2.75) is 12.8 Å². The van der Waals surface area contributed by atoms with Gasteiger partial charge in [-0.1, -0.05) is 24.3 Å². The van der Waals surface area contributed by atoms with E-state index in [-0.39, 0.29) is 129 Å². The summed E-state index contributed by atoms with van der Waals surface area (Å²) in [7, 11) is -8.40. The predicted octanol–water partition coefficient (Wildman–Crippen LogP) is -4.39. The standard InChI is InChI=1S/C32H52O16S2.2K/c33-49(34,35)25-3-7-39-9-11-41-13-15-43-17-19-45-21-23-47-31-27-29-5-1-2-6-30(29)28-32(31)48-24-22-46-20-18-44-16-14-42-12-10-40-8-4-26-50(36,37)38;;/h1-2,5-6,27-28H,3-4,7-26H2,(H,33,34,35)(H,36,37,38);;/q;2*+1/p-2. The molecule has 2 aromatic rings. The number of benzene rings is 2. The van der Waals surface area contributed by atoms with Gasteiger partial charge in [-0.3, -0.25) is 0 Å². The maximum Gasteiger partial charge on any atom is 1.00 e. The summed E-state index contributed by atoms with van der Waals surface area (Å²) in [6.45, 7) is 6.15. The van der Waals surface area contributed by atoms with Gasteiger partial charge < -0.3 is 56.5 Å². The molecule has 0 bridgehead atoms. The van der Waals surface area contributed by atoms with E-state index in [1.165, 1.54) is 0 Å². The molecule has 0 unspecified atom stereocenters. The van der Waals surface area contributed by atoms with Gasteiger partial charge in [0.15, 0.2) is 11.5 Å². The quantitative estimate of drug-likeness (QED) is 0.0371. The minimum atomic E-state index is -4.20. The molecule has 0 aliphatic carbocycles. The fraction of sp³-hybridized carbons (Fsp3) is 0.688. The van der Waals surface area contributed by atoms with Crippen molar-refractivity contribution >= 4 is 31.0 Å². The third kappa shape index (κ3) is 31.2. The fourth-order valence-electron chi connectivity index (χ4n) is 4.04. The van der Waals surface area contributed by atoms with Crippen LogP contribution in [0.2, 0.25) is 0 Å². The van der Waals surface area contributed by atoms with E-state index in [2.05, 4.69) is 0 Å². The van der Waals surface area contributed by atoms with Gasteiger partial charge in [0.05, 0.1) is 113 Å². The van der Waals surface area contributed by atoms with Crippen LogP contribution in [0.1, 0.15) is 12.8 Å². The SMILES string of the molecule is O=S(=O)([O-])CCCOCCOCCOCCOCCOc1cc2ccccc2cc1OCCOCCOCCOCCOCCCS(=O)(=O)[O-].[K+].[K+]. The number of rotatable bonds is 34. The Balaban J connectivity index is 0.0000130. The summed E-state index contributed by atoms with van der Waals surface area (Å²) in [6.07, 6.45) is 0.331. The van der Waals surface area contributed by atoms with E-state index in [0.717, 1.165) is 10.8 Å². The Bertz CT molecular complexity index is 1270. The molecule has 2 rings (SSSR count). The molecular formula is C32H50K2O16S2. The summed E-state index contributed by atoms with van der Waals surface area (Å²) < 4.78 is 118. The van der Waals surface area contributed by atoms with Gasteiger partial charge in [-0.05, 0) is 35.7 Å². The number of ether oxygens (including phenoxy) is 10. The van der Waals surface area contributed by atoms with E-state index in [1.54, 1.807) is 0 Å². The van der Waals surface area contributed by atoms with Crippen LogP contribution in [0.15, 0.2) is 36.4 Å². The molecule has 16 nitrogen and oxygen atoms in total. The van der Waals surface area contributed by atoms with Crippen molar-refractivity contribution in [3.8, 4) is 11.5 Å². The van der Waals surface area contributed by atoms with E-state index < -0.39 is 31.7 Å². The molecule has 2 aromatic carbocycles. The summed E-state index contributed by atoms with van der Waals surface area (Å²) in [4.78, 5) is 0. The maximum absolute atomic E-state index is 10.5. The van der Waals surface area contributed by atoms with Crippen LogP contribution in [0, 0.1) is 0 Å². The van der Waals surface area contributed by atoms with Crippen molar-refractivity contribution in [3.63, 3.8) is 0 Å². The molecule has 0 amide bonds. The molecule has 20 heteroatoms. The van der Waals surface area contributed by atoms with Crippen molar-refractivity contribution in [1.82, 2.24) is 0 Å². The van der Waals surface area contributed by atoms with Crippen LogP contribution in [0.5, 0.6) is 11.5 Å². The average Bonchev–Trinajstić information content (AvgIpc) is 3.06. The Morgan fingerprint density at radius 1 is 0.404 bits per heavy atom. The first-order valence-corrected chi connectivity index (χ1v) is 19.6. The van der Waals surface area contributed by atoms with E-state index in [0.29, 0.717) is 117 Å². The smallest absolute Gasteiger partial charge is 0.748 e. The monoisotopic (exact) mass is 832 g/mol. The molecule has 0 spiro atoms. The zero-order valence-electron chi connectivity index (χ0n) is 30.4. The minimum Gasteiger partial charge on any atom is -0.748 e. The van der Waals surface area contributed by atoms with Crippen molar-refractivity contribution < 1.29 is 176 Å². The van der Waals surface area contributed by atoms with Crippen LogP contribution in [-0.2, 0) is 58.1 Å². The van der Waals surface area contributed by atoms with Crippen LogP contribution >= 0.6 is 0 Å². The number of hydrogen-bond acceptors (Lipinski definition) is 16. The van der Waals surface area contributed by atoms with E-state index in [1.807, 2.05) is 36.4 Å². The summed E-state index contributed by atoms with van der Waals surface area (Å²) in [5, 5.41) is 2.04. The molecule has 0 atom stereocenters. The van der Waals surface area contributed by atoms with Crippen LogP contribution in [0.25, 0.3) is 10.8 Å². The first-order valence-electron chi connectivity index (χ1n) is 16.4. The Morgan fingerprint density at radius 2 is 0.654 bits per heavy atom. The summed E-state index contributed by atoms with van der Waals surface area (Å²) in [5.74, 6) is 0.338.